The largest absolute Gasteiger partial charge is 0.399 e. The molecule has 4 aliphatic heterocycles. The molecule has 0 aliphatic carbocycles. The highest BCUT2D eigenvalue weighted by Gasteiger charge is 2.50. The summed E-state index contributed by atoms with van der Waals surface area (Å²) in [5, 5.41) is 5.29. The Morgan fingerprint density at radius 3 is 2.37 bits per heavy atom. The van der Waals surface area contributed by atoms with Gasteiger partial charge >= 0.3 is 13.3 Å². The maximum atomic E-state index is 14.7. The first kappa shape index (κ1) is 51.5. The summed E-state index contributed by atoms with van der Waals surface area (Å²) in [5.41, 5.74) is -3.77. The monoisotopic (exact) mass is 1080 g/mol. The molecule has 5 heterocycles. The van der Waals surface area contributed by atoms with Gasteiger partial charge < -0.3 is 34.7 Å². The molecule has 16 nitrogen and oxygen atoms in total. The number of carbonyl (C=O) groups excluding carboxylic acids is 7. The van der Waals surface area contributed by atoms with E-state index in [9.17, 15) is 56.7 Å². The second kappa shape index (κ2) is 20.3. The number of thiophene rings is 1. The Morgan fingerprint density at radius 1 is 0.972 bits per heavy atom. The lowest BCUT2D eigenvalue weighted by Gasteiger charge is -2.37. The van der Waals surface area contributed by atoms with E-state index in [2.05, 4.69) is 38.4 Å². The second-order valence-electron chi connectivity index (χ2n) is 19.3. The summed E-state index contributed by atoms with van der Waals surface area (Å²) < 4.78 is 41.7. The smallest absolute Gasteiger partial charge is 0.343 e. The molecule has 4 N–H and O–H groups in total. The average Bonchev–Trinajstić information content (AvgIpc) is 4.07. The van der Waals surface area contributed by atoms with Crippen LogP contribution in [0.15, 0.2) is 71.2 Å². The molecule has 3 fully saturated rings. The molecule has 0 bridgehead atoms. The third kappa shape index (κ3) is 10.8. The van der Waals surface area contributed by atoms with E-state index in [1.807, 2.05) is 6.07 Å². The predicted octanol–water partition coefficient (Wildman–Crippen LogP) is 6.50. The van der Waals surface area contributed by atoms with Crippen molar-refractivity contribution in [3.05, 3.63) is 98.3 Å². The van der Waals surface area contributed by atoms with E-state index in [4.69, 9.17) is 0 Å². The number of likely N-dealkylation sites (tertiary alicyclic amines) is 2. The molecule has 374 valence electrons. The minimum Gasteiger partial charge on any atom is -0.343 e. The number of alkyl halides is 2. The van der Waals surface area contributed by atoms with E-state index in [0.717, 1.165) is 33.5 Å². The average molecular weight is 1080 g/mol. The molecule has 1 aromatic heterocycles. The number of anilines is 1. The van der Waals surface area contributed by atoms with Crippen LogP contribution in [0.5, 0.6) is 0 Å². The topological polar surface area (TPSA) is 214 Å². The molecule has 4 aromatic rings. The van der Waals surface area contributed by atoms with Crippen molar-refractivity contribution in [2.24, 2.45) is 11.3 Å². The third-order valence-electron chi connectivity index (χ3n) is 13.5. The summed E-state index contributed by atoms with van der Waals surface area (Å²) in [4.78, 5) is 119. The summed E-state index contributed by atoms with van der Waals surface area (Å²) in [5.74, 6) is 3.75. The maximum Gasteiger partial charge on any atom is 0.399 e. The molecule has 71 heavy (non-hydrogen) atoms. The number of hydrogen-bond acceptors (Lipinski definition) is 9. The van der Waals surface area contributed by atoms with Crippen LogP contribution >= 0.6 is 34.9 Å². The van der Waals surface area contributed by atoms with E-state index < -0.39 is 60.1 Å². The van der Waals surface area contributed by atoms with Crippen LogP contribution in [0.1, 0.15) is 102 Å². The van der Waals surface area contributed by atoms with Crippen LogP contribution in [0.25, 0.3) is 10.1 Å². The fourth-order valence-corrected chi connectivity index (χ4v) is 11.2. The molecular weight excluding hydrogens is 1030 g/mol. The van der Waals surface area contributed by atoms with Crippen molar-refractivity contribution in [2.45, 2.75) is 96.1 Å². The van der Waals surface area contributed by atoms with Gasteiger partial charge in [-0.1, -0.05) is 60.7 Å². The first-order valence-electron chi connectivity index (χ1n) is 23.2. The Labute approximate surface area is 420 Å². The summed E-state index contributed by atoms with van der Waals surface area (Å²) in [6, 6.07) is 14.0. The van der Waals surface area contributed by atoms with Gasteiger partial charge in [-0.15, -0.1) is 11.3 Å². The summed E-state index contributed by atoms with van der Waals surface area (Å²) in [7, 11) is -5.83. The van der Waals surface area contributed by atoms with Crippen molar-refractivity contribution >= 4 is 92.0 Å². The van der Waals surface area contributed by atoms with Gasteiger partial charge in [0.2, 0.25) is 29.5 Å². The number of hydrogen-bond donors (Lipinski definition) is 4. The number of fused-ring (bicyclic) bond motifs is 2. The Morgan fingerprint density at radius 2 is 1.69 bits per heavy atom. The van der Waals surface area contributed by atoms with Crippen LogP contribution < -0.4 is 15.5 Å². The van der Waals surface area contributed by atoms with Gasteiger partial charge in [0.25, 0.3) is 11.8 Å². The first-order valence-corrected chi connectivity index (χ1v) is 26.5. The van der Waals surface area contributed by atoms with Gasteiger partial charge in [0.1, 0.15) is 18.1 Å². The number of halogens is 3. The Hall–Kier alpha value is -5.84. The van der Waals surface area contributed by atoms with Crippen molar-refractivity contribution in [1.82, 2.24) is 25.3 Å². The van der Waals surface area contributed by atoms with Crippen LogP contribution in [0.4, 0.5) is 14.5 Å². The van der Waals surface area contributed by atoms with Crippen molar-refractivity contribution in [3.63, 3.8) is 0 Å². The number of benzene rings is 3. The molecule has 7 amide bonds. The molecule has 3 atom stereocenters. The summed E-state index contributed by atoms with van der Waals surface area (Å²) in [6.07, 6.45) is 2.47. The highest BCUT2D eigenvalue weighted by Crippen LogP contribution is 2.59. The van der Waals surface area contributed by atoms with E-state index in [0.29, 0.717) is 60.3 Å². The van der Waals surface area contributed by atoms with E-state index in [1.54, 1.807) is 62.1 Å². The fourth-order valence-electron chi connectivity index (χ4n) is 9.50. The standard InChI is InChI=1S/C50H52BrF2N6O10PS/c1-49(2,3)43(55-45(63)40-27-31-26-32(11-17-39(31)71-40)50(52,53)70(67,68)69)48(66)58-22-5-8-38(58)47(65)57(34-14-12-33(51)13-15-34)25-21-42(61)56-23-19-29(20-24-56)9-10-30-6-4-7-35-36(30)28-59(46(35)64)37-16-18-41(60)54-44(37)62/h4,6-7,11-15,17,26-27,29,37-38,43H,5,8,16,18-25,28H2,1-3H3,(H,55,63)(H,54,60,62)(H2,67,68,69)/t37?,38-,43+/m0/s1. The van der Waals surface area contributed by atoms with Crippen LogP contribution in [-0.4, -0.2) is 110 Å². The van der Waals surface area contributed by atoms with Crippen molar-refractivity contribution < 1.29 is 56.7 Å². The lowest BCUT2D eigenvalue weighted by molar-refractivity contribution is -0.141. The number of piperidine rings is 2. The second-order valence-corrected chi connectivity index (χ2v) is 22.9. The molecule has 0 radical (unpaired) electrons. The number of rotatable bonds is 11. The Kier molecular flexibility index (Phi) is 14.8. The maximum absolute atomic E-state index is 14.7. The molecule has 8 rings (SSSR count). The molecule has 21 heteroatoms. The number of nitrogens with one attached hydrogen (secondary N) is 2. The predicted molar refractivity (Wildman–Crippen MR) is 263 cm³/mol. The van der Waals surface area contributed by atoms with Gasteiger partial charge in [-0.05, 0) is 103 Å². The molecule has 3 aromatic carbocycles. The zero-order chi connectivity index (χ0) is 51.2. The molecule has 3 saturated heterocycles. The van der Waals surface area contributed by atoms with Gasteiger partial charge in [-0.25, -0.2) is 0 Å². The fraction of sp³-hybridized carbons (Fsp3) is 0.420. The van der Waals surface area contributed by atoms with Crippen LogP contribution in [0.2, 0.25) is 0 Å². The van der Waals surface area contributed by atoms with Crippen LogP contribution in [0.3, 0.4) is 0 Å². The van der Waals surface area contributed by atoms with Crippen LogP contribution in [-0.2, 0) is 40.7 Å². The molecule has 0 saturated carbocycles. The quantitative estimate of drug-likeness (QED) is 0.0727. The van der Waals surface area contributed by atoms with E-state index >= 15 is 0 Å². The minimum atomic E-state index is -5.83. The van der Waals surface area contributed by atoms with Gasteiger partial charge in [0, 0.05) is 83.0 Å². The molecule has 0 spiro atoms. The van der Waals surface area contributed by atoms with Crippen LogP contribution in [0, 0.1) is 23.2 Å². The van der Waals surface area contributed by atoms with E-state index in [-0.39, 0.29) is 78.7 Å². The van der Waals surface area contributed by atoms with Crippen molar-refractivity contribution in [3.8, 4) is 11.8 Å². The zero-order valence-electron chi connectivity index (χ0n) is 39.1. The third-order valence-corrected chi connectivity index (χ3v) is 16.1. The number of nitrogens with zero attached hydrogens (tertiary/aromatic N) is 4. The van der Waals surface area contributed by atoms with Gasteiger partial charge in [0.05, 0.1) is 4.88 Å². The minimum absolute atomic E-state index is 0.000953. The Balaban J connectivity index is 0.911. The van der Waals surface area contributed by atoms with Crippen molar-refractivity contribution in [2.75, 3.05) is 31.1 Å². The van der Waals surface area contributed by atoms with Crippen molar-refractivity contribution in [1.29, 1.82) is 0 Å². The first-order chi connectivity index (χ1) is 33.5. The molecule has 1 unspecified atom stereocenters. The summed E-state index contributed by atoms with van der Waals surface area (Å²) in [6.45, 7) is 6.64. The highest BCUT2D eigenvalue weighted by atomic mass is 79.9. The number of imide groups is 1. The van der Waals surface area contributed by atoms with E-state index in [1.165, 1.54) is 26.8 Å². The van der Waals surface area contributed by atoms with Gasteiger partial charge in [-0.3, -0.25) is 43.4 Å². The lowest BCUT2D eigenvalue weighted by atomic mass is 9.85. The SMILES string of the molecule is CC(C)(C)[C@H](NC(=O)c1cc2cc(C(F)(F)P(=O)(O)O)ccc2s1)C(=O)N1CCC[C@H]1C(=O)N(CCC(=O)N1CCC(C#Cc2cccc3c2CN(C2CCC(=O)NC2=O)C3=O)CC1)c1ccc(Br)cc1. The highest BCUT2D eigenvalue weighted by molar-refractivity contribution is 9.10. The van der Waals surface area contributed by atoms with Gasteiger partial charge in [0.15, 0.2) is 0 Å². The Bertz CT molecular complexity index is 2940. The number of carbonyl (C=O) groups is 7. The summed E-state index contributed by atoms with van der Waals surface area (Å²) >= 11 is 4.41. The zero-order valence-corrected chi connectivity index (χ0v) is 42.4. The molecular formula is C50H52BrF2N6O10PS. The lowest BCUT2D eigenvalue weighted by Crippen LogP contribution is -2.58. The van der Waals surface area contributed by atoms with Gasteiger partial charge in [-0.2, -0.15) is 8.78 Å². The molecule has 4 aliphatic rings. The normalized spacial score (nSPS) is 19.3. The number of amides is 7.